The van der Waals surface area contributed by atoms with Gasteiger partial charge in [-0.2, -0.15) is 0 Å². The van der Waals surface area contributed by atoms with Gasteiger partial charge in [0.2, 0.25) is 11.8 Å². The van der Waals surface area contributed by atoms with E-state index in [1.54, 1.807) is 12.4 Å². The average molecular weight is 439 g/mol. The lowest BCUT2D eigenvalue weighted by Crippen LogP contribution is -2.48. The van der Waals surface area contributed by atoms with Crippen LogP contribution in [0.3, 0.4) is 0 Å². The first-order valence-corrected chi connectivity index (χ1v) is 11.9. The first-order chi connectivity index (χ1) is 15.7. The highest BCUT2D eigenvalue weighted by atomic mass is 16.5. The van der Waals surface area contributed by atoms with E-state index in [0.717, 1.165) is 63.1 Å². The van der Waals surface area contributed by atoms with Crippen molar-refractivity contribution in [3.8, 4) is 0 Å². The Labute approximate surface area is 187 Å². The second kappa shape index (κ2) is 8.03. The molecule has 0 aromatic carbocycles. The average Bonchev–Trinajstić information content (AvgIpc) is 3.62. The molecule has 4 saturated heterocycles. The summed E-state index contributed by atoms with van der Waals surface area (Å²) in [6, 6.07) is 0.116. The van der Waals surface area contributed by atoms with Crippen molar-refractivity contribution in [1.82, 2.24) is 24.6 Å². The molecule has 0 unspecified atom stereocenters. The molecule has 4 aliphatic rings. The van der Waals surface area contributed by atoms with Crippen LogP contribution in [-0.4, -0.2) is 75.5 Å². The smallest absolute Gasteiger partial charge is 0.228 e. The number of piperidine rings is 1. The molecule has 4 atom stereocenters. The normalized spacial score (nSPS) is 30.4. The third-order valence-corrected chi connectivity index (χ3v) is 7.73. The van der Waals surface area contributed by atoms with Gasteiger partial charge in [-0.05, 0) is 38.5 Å². The number of imidazole rings is 1. The van der Waals surface area contributed by atoms with Gasteiger partial charge < -0.3 is 24.3 Å². The summed E-state index contributed by atoms with van der Waals surface area (Å²) in [7, 11) is 0. The topological polar surface area (TPSA) is 92.1 Å². The number of carbonyl (C=O) groups is 2. The maximum atomic E-state index is 12.9. The van der Waals surface area contributed by atoms with Gasteiger partial charge in [-0.15, -0.1) is 0 Å². The molecule has 2 aromatic heterocycles. The van der Waals surface area contributed by atoms with Crippen molar-refractivity contribution in [2.45, 2.75) is 56.8 Å². The fourth-order valence-electron chi connectivity index (χ4n) is 5.95. The van der Waals surface area contributed by atoms with E-state index in [1.165, 1.54) is 0 Å². The second-order valence-electron chi connectivity index (χ2n) is 9.66. The Hall–Kier alpha value is -2.68. The van der Waals surface area contributed by atoms with E-state index in [-0.39, 0.29) is 35.8 Å². The Morgan fingerprint density at radius 1 is 1.00 bits per heavy atom. The number of nitrogens with zero attached hydrogens (tertiary/aromatic N) is 5. The third-order valence-electron chi connectivity index (χ3n) is 7.73. The van der Waals surface area contributed by atoms with E-state index in [4.69, 9.17) is 4.74 Å². The van der Waals surface area contributed by atoms with Gasteiger partial charge in [0.25, 0.3) is 0 Å². The number of likely N-dealkylation sites (tertiary alicyclic amines) is 1. The van der Waals surface area contributed by atoms with Crippen molar-refractivity contribution in [2.24, 2.45) is 11.8 Å². The van der Waals surface area contributed by atoms with Gasteiger partial charge in [0.05, 0.1) is 18.1 Å². The van der Waals surface area contributed by atoms with E-state index in [2.05, 4.69) is 20.2 Å². The summed E-state index contributed by atoms with van der Waals surface area (Å²) in [5.41, 5.74) is 0.845. The van der Waals surface area contributed by atoms with E-state index in [0.29, 0.717) is 19.2 Å². The molecule has 2 amide bonds. The Morgan fingerprint density at radius 2 is 1.81 bits per heavy atom. The summed E-state index contributed by atoms with van der Waals surface area (Å²) in [6.07, 6.45) is 13.2. The zero-order valence-corrected chi connectivity index (χ0v) is 18.2. The van der Waals surface area contributed by atoms with Crippen LogP contribution in [0.25, 0.3) is 5.65 Å². The van der Waals surface area contributed by atoms with Crippen molar-refractivity contribution >= 4 is 23.3 Å². The standard InChI is InChI=1S/C23H30N6O3/c30-22(15-3-8-28(9-4-15)23(31)18-13-17-1-2-19(18)32-17)26-16-5-10-29(14-16)21-20-24-6-11-27(20)12-7-25-21/h6-7,11-12,15-19H,1-5,8-10,13-14H2,(H,26,30)/t16-,17-,18-,19+/m0/s1. The lowest BCUT2D eigenvalue weighted by Gasteiger charge is -2.34. The number of fused-ring (bicyclic) bond motifs is 3. The molecular formula is C23H30N6O3. The minimum absolute atomic E-state index is 0.0155. The molecule has 6 heterocycles. The van der Waals surface area contributed by atoms with Crippen LogP contribution in [0, 0.1) is 11.8 Å². The number of nitrogens with one attached hydrogen (secondary N) is 1. The molecule has 9 heteroatoms. The predicted molar refractivity (Wildman–Crippen MR) is 117 cm³/mol. The molecule has 32 heavy (non-hydrogen) atoms. The molecule has 0 spiro atoms. The Balaban J connectivity index is 1.00. The number of hydrogen-bond acceptors (Lipinski definition) is 6. The van der Waals surface area contributed by atoms with Gasteiger partial charge in [-0.3, -0.25) is 9.59 Å². The zero-order chi connectivity index (χ0) is 21.7. The number of hydrogen-bond donors (Lipinski definition) is 1. The molecule has 4 fully saturated rings. The van der Waals surface area contributed by atoms with E-state index < -0.39 is 0 Å². The maximum Gasteiger partial charge on any atom is 0.228 e. The summed E-state index contributed by atoms with van der Waals surface area (Å²) in [4.78, 5) is 38.9. The van der Waals surface area contributed by atoms with Crippen LogP contribution in [0.15, 0.2) is 24.8 Å². The molecule has 4 aliphatic heterocycles. The van der Waals surface area contributed by atoms with Crippen LogP contribution in [0.2, 0.25) is 0 Å². The molecule has 6 rings (SSSR count). The number of amides is 2. The van der Waals surface area contributed by atoms with E-state index in [1.807, 2.05) is 21.7 Å². The third kappa shape index (κ3) is 3.52. The van der Waals surface area contributed by atoms with Crippen molar-refractivity contribution in [3.63, 3.8) is 0 Å². The molecule has 2 aromatic rings. The molecule has 2 bridgehead atoms. The molecule has 9 nitrogen and oxygen atoms in total. The highest BCUT2D eigenvalue weighted by molar-refractivity contribution is 5.82. The second-order valence-corrected chi connectivity index (χ2v) is 9.66. The number of ether oxygens (including phenoxy) is 1. The van der Waals surface area contributed by atoms with Crippen LogP contribution in [0.4, 0.5) is 5.82 Å². The van der Waals surface area contributed by atoms with Gasteiger partial charge in [0, 0.05) is 62.9 Å². The highest BCUT2D eigenvalue weighted by Crippen LogP contribution is 2.40. The number of carbonyl (C=O) groups excluding carboxylic acids is 2. The number of aromatic nitrogens is 3. The van der Waals surface area contributed by atoms with E-state index in [9.17, 15) is 9.59 Å². The monoisotopic (exact) mass is 438 g/mol. The van der Waals surface area contributed by atoms with Crippen LogP contribution in [-0.2, 0) is 14.3 Å². The molecule has 170 valence electrons. The minimum atomic E-state index is -0.0155. The van der Waals surface area contributed by atoms with Crippen molar-refractivity contribution < 1.29 is 14.3 Å². The quantitative estimate of drug-likeness (QED) is 0.772. The fourth-order valence-corrected chi connectivity index (χ4v) is 5.95. The first kappa shape index (κ1) is 20.0. The van der Waals surface area contributed by atoms with Crippen LogP contribution in [0.5, 0.6) is 0 Å². The van der Waals surface area contributed by atoms with Crippen molar-refractivity contribution in [1.29, 1.82) is 0 Å². The highest BCUT2D eigenvalue weighted by Gasteiger charge is 2.46. The summed E-state index contributed by atoms with van der Waals surface area (Å²) in [6.45, 7) is 2.94. The fraction of sp³-hybridized carbons (Fsp3) is 0.652. The van der Waals surface area contributed by atoms with Crippen LogP contribution < -0.4 is 10.2 Å². The SMILES string of the molecule is O=C(N[C@H]1CCN(c2nccn3ccnc23)C1)C1CCN(C(=O)[C@H]2C[C@@H]3CC[C@H]2O3)CC1. The molecule has 1 N–H and O–H groups in total. The predicted octanol–water partition coefficient (Wildman–Crippen LogP) is 1.23. The minimum Gasteiger partial charge on any atom is -0.374 e. The van der Waals surface area contributed by atoms with Gasteiger partial charge in [0.15, 0.2) is 11.5 Å². The van der Waals surface area contributed by atoms with E-state index >= 15 is 0 Å². The Bertz CT molecular complexity index is 1020. The number of anilines is 1. The van der Waals surface area contributed by atoms with Gasteiger partial charge in [0.1, 0.15) is 0 Å². The summed E-state index contributed by atoms with van der Waals surface area (Å²) < 4.78 is 7.83. The lowest BCUT2D eigenvalue weighted by molar-refractivity contribution is -0.140. The molecule has 0 saturated carbocycles. The van der Waals surface area contributed by atoms with Gasteiger partial charge >= 0.3 is 0 Å². The van der Waals surface area contributed by atoms with Gasteiger partial charge in [-0.1, -0.05) is 0 Å². The molecule has 0 radical (unpaired) electrons. The van der Waals surface area contributed by atoms with Crippen LogP contribution in [0.1, 0.15) is 38.5 Å². The molecular weight excluding hydrogens is 408 g/mol. The summed E-state index contributed by atoms with van der Waals surface area (Å²) >= 11 is 0. The zero-order valence-electron chi connectivity index (χ0n) is 18.2. The van der Waals surface area contributed by atoms with Crippen molar-refractivity contribution in [2.75, 3.05) is 31.1 Å². The number of rotatable bonds is 4. The van der Waals surface area contributed by atoms with Crippen molar-refractivity contribution in [3.05, 3.63) is 24.8 Å². The summed E-state index contributed by atoms with van der Waals surface area (Å²) in [5.74, 6) is 1.25. The van der Waals surface area contributed by atoms with Crippen LogP contribution >= 0.6 is 0 Å². The lowest BCUT2D eigenvalue weighted by atomic mass is 9.87. The summed E-state index contributed by atoms with van der Waals surface area (Å²) in [5, 5.41) is 3.25. The largest absolute Gasteiger partial charge is 0.374 e. The van der Waals surface area contributed by atoms with Gasteiger partial charge in [-0.25, -0.2) is 9.97 Å². The molecule has 0 aliphatic carbocycles. The maximum absolute atomic E-state index is 12.9. The Morgan fingerprint density at radius 3 is 2.56 bits per heavy atom. The first-order valence-electron chi connectivity index (χ1n) is 11.9. The Kier molecular flexibility index (Phi) is 5.01.